The van der Waals surface area contributed by atoms with Gasteiger partial charge in [0.15, 0.2) is 0 Å². The summed E-state index contributed by atoms with van der Waals surface area (Å²) in [6, 6.07) is 0. The van der Waals surface area contributed by atoms with E-state index in [1.807, 2.05) is 0 Å². The summed E-state index contributed by atoms with van der Waals surface area (Å²) in [5.41, 5.74) is -0.718. The molecule has 0 radical (unpaired) electrons. The van der Waals surface area contributed by atoms with Crippen molar-refractivity contribution in [1.82, 2.24) is 10.6 Å². The van der Waals surface area contributed by atoms with Crippen LogP contribution in [-0.4, -0.2) is 51.3 Å². The molecule has 1 aliphatic heterocycles. The first-order valence-corrected chi connectivity index (χ1v) is 6.59. The van der Waals surface area contributed by atoms with Gasteiger partial charge in [-0.25, -0.2) is 0 Å². The topological polar surface area (TPSA) is 76.7 Å². The summed E-state index contributed by atoms with van der Waals surface area (Å²) < 4.78 is 9.77. The van der Waals surface area contributed by atoms with Crippen LogP contribution in [0.4, 0.5) is 0 Å². The molecule has 1 amide bonds. The van der Waals surface area contributed by atoms with Gasteiger partial charge in [-0.3, -0.25) is 9.59 Å². The fraction of sp³-hybridized carbons (Fsp3) is 0.846. The molecular weight excluding hydrogens is 248 g/mol. The predicted molar refractivity (Wildman–Crippen MR) is 70.7 cm³/mol. The van der Waals surface area contributed by atoms with Crippen molar-refractivity contribution in [2.75, 3.05) is 33.9 Å². The Morgan fingerprint density at radius 3 is 2.47 bits per heavy atom. The molecule has 1 unspecified atom stereocenters. The normalized spacial score (nSPS) is 19.5. The molecule has 1 rings (SSSR count). The standard InChI is InChI=1S/C13H24N2O4/c1-13(9-18-2,8-11(16)19-3)15-12(17)10-4-6-14-7-5-10/h10,14H,4-9H2,1-3H3,(H,15,17). The third-order valence-corrected chi connectivity index (χ3v) is 3.36. The molecule has 6 nitrogen and oxygen atoms in total. The van der Waals surface area contributed by atoms with Crippen molar-refractivity contribution >= 4 is 11.9 Å². The first-order chi connectivity index (χ1) is 9.00. The van der Waals surface area contributed by atoms with Crippen molar-refractivity contribution in [2.45, 2.75) is 31.7 Å². The minimum atomic E-state index is -0.718. The molecule has 0 bridgehead atoms. The van der Waals surface area contributed by atoms with Crippen molar-refractivity contribution in [3.05, 3.63) is 0 Å². The van der Waals surface area contributed by atoms with Crippen LogP contribution in [0.1, 0.15) is 26.2 Å². The number of carbonyl (C=O) groups is 2. The first kappa shape index (κ1) is 15.9. The Kier molecular flexibility index (Phi) is 6.24. The van der Waals surface area contributed by atoms with Gasteiger partial charge in [-0.1, -0.05) is 0 Å². The van der Waals surface area contributed by atoms with Crippen LogP contribution in [0.3, 0.4) is 0 Å². The molecule has 0 aromatic rings. The highest BCUT2D eigenvalue weighted by Gasteiger charge is 2.32. The predicted octanol–water partition coefficient (Wildman–Crippen LogP) is 0.0704. The third kappa shape index (κ3) is 5.16. The molecular formula is C13H24N2O4. The maximum atomic E-state index is 12.2. The van der Waals surface area contributed by atoms with Crippen LogP contribution in [0.25, 0.3) is 0 Å². The minimum absolute atomic E-state index is 0.00930. The molecule has 0 aromatic heterocycles. The number of ether oxygens (including phenoxy) is 2. The lowest BCUT2D eigenvalue weighted by atomic mass is 9.93. The van der Waals surface area contributed by atoms with Crippen molar-refractivity contribution in [3.63, 3.8) is 0 Å². The fourth-order valence-corrected chi connectivity index (χ4v) is 2.32. The highest BCUT2D eigenvalue weighted by molar-refractivity contribution is 5.81. The van der Waals surface area contributed by atoms with Crippen molar-refractivity contribution in [3.8, 4) is 0 Å². The van der Waals surface area contributed by atoms with Gasteiger partial charge in [0.1, 0.15) is 0 Å². The molecule has 1 atom stereocenters. The minimum Gasteiger partial charge on any atom is -0.469 e. The second-order valence-corrected chi connectivity index (χ2v) is 5.26. The molecule has 1 saturated heterocycles. The van der Waals surface area contributed by atoms with Crippen LogP contribution >= 0.6 is 0 Å². The van der Waals surface area contributed by atoms with Crippen LogP contribution in [0.2, 0.25) is 0 Å². The average molecular weight is 272 g/mol. The summed E-state index contributed by atoms with van der Waals surface area (Å²) in [6.07, 6.45) is 1.76. The van der Waals surface area contributed by atoms with E-state index in [1.165, 1.54) is 7.11 Å². The van der Waals surface area contributed by atoms with E-state index in [-0.39, 0.29) is 30.8 Å². The molecule has 2 N–H and O–H groups in total. The van der Waals surface area contributed by atoms with Crippen LogP contribution < -0.4 is 10.6 Å². The summed E-state index contributed by atoms with van der Waals surface area (Å²) in [5.74, 6) is -0.356. The zero-order valence-corrected chi connectivity index (χ0v) is 12.0. The van der Waals surface area contributed by atoms with Crippen molar-refractivity contribution in [1.29, 1.82) is 0 Å². The molecule has 19 heavy (non-hydrogen) atoms. The molecule has 0 aromatic carbocycles. The number of rotatable bonds is 6. The third-order valence-electron chi connectivity index (χ3n) is 3.36. The van der Waals surface area contributed by atoms with Crippen LogP contribution in [0.5, 0.6) is 0 Å². The molecule has 6 heteroatoms. The number of hydrogen-bond acceptors (Lipinski definition) is 5. The molecule has 1 aliphatic rings. The van der Waals surface area contributed by atoms with E-state index >= 15 is 0 Å². The molecule has 0 spiro atoms. The Hall–Kier alpha value is -1.14. The van der Waals surface area contributed by atoms with E-state index in [1.54, 1.807) is 14.0 Å². The second kappa shape index (κ2) is 7.45. The number of methoxy groups -OCH3 is 2. The zero-order chi connectivity index (χ0) is 14.3. The zero-order valence-electron chi connectivity index (χ0n) is 12.0. The van der Waals surface area contributed by atoms with Gasteiger partial charge >= 0.3 is 5.97 Å². The SMILES string of the molecule is COCC(C)(CC(=O)OC)NC(=O)C1CCNCC1. The fourth-order valence-electron chi connectivity index (χ4n) is 2.32. The Morgan fingerprint density at radius 1 is 1.32 bits per heavy atom. The number of hydrogen-bond donors (Lipinski definition) is 2. The summed E-state index contributed by atoms with van der Waals surface area (Å²) in [6.45, 7) is 3.79. The highest BCUT2D eigenvalue weighted by atomic mass is 16.5. The second-order valence-electron chi connectivity index (χ2n) is 5.26. The average Bonchev–Trinajstić information content (AvgIpc) is 2.39. The quantitative estimate of drug-likeness (QED) is 0.669. The van der Waals surface area contributed by atoms with E-state index in [2.05, 4.69) is 15.4 Å². The Morgan fingerprint density at radius 2 is 1.95 bits per heavy atom. The van der Waals surface area contributed by atoms with Gasteiger partial charge in [0.05, 0.1) is 25.7 Å². The summed E-state index contributed by atoms with van der Waals surface area (Å²) >= 11 is 0. The number of carbonyl (C=O) groups excluding carboxylic acids is 2. The lowest BCUT2D eigenvalue weighted by molar-refractivity contribution is -0.143. The van der Waals surface area contributed by atoms with Gasteiger partial charge in [0.2, 0.25) is 5.91 Å². The highest BCUT2D eigenvalue weighted by Crippen LogP contribution is 2.16. The van der Waals surface area contributed by atoms with E-state index in [9.17, 15) is 9.59 Å². The van der Waals surface area contributed by atoms with Crippen LogP contribution in [0, 0.1) is 5.92 Å². The van der Waals surface area contributed by atoms with Gasteiger partial charge in [0, 0.05) is 13.0 Å². The van der Waals surface area contributed by atoms with E-state index in [0.717, 1.165) is 25.9 Å². The monoisotopic (exact) mass is 272 g/mol. The van der Waals surface area contributed by atoms with Gasteiger partial charge in [-0.2, -0.15) is 0 Å². The van der Waals surface area contributed by atoms with Crippen molar-refractivity contribution < 1.29 is 19.1 Å². The van der Waals surface area contributed by atoms with Crippen LogP contribution in [0.15, 0.2) is 0 Å². The Balaban J connectivity index is 2.60. The van der Waals surface area contributed by atoms with E-state index in [0.29, 0.717) is 0 Å². The lowest BCUT2D eigenvalue weighted by Gasteiger charge is -2.32. The molecule has 0 aliphatic carbocycles. The molecule has 110 valence electrons. The van der Waals surface area contributed by atoms with Gasteiger partial charge < -0.3 is 20.1 Å². The lowest BCUT2D eigenvalue weighted by Crippen LogP contribution is -2.53. The smallest absolute Gasteiger partial charge is 0.307 e. The van der Waals surface area contributed by atoms with Crippen molar-refractivity contribution in [2.24, 2.45) is 5.92 Å². The summed E-state index contributed by atoms with van der Waals surface area (Å²) in [5, 5.41) is 6.16. The molecule has 1 heterocycles. The Labute approximate surface area is 114 Å². The largest absolute Gasteiger partial charge is 0.469 e. The first-order valence-electron chi connectivity index (χ1n) is 6.59. The maximum Gasteiger partial charge on any atom is 0.307 e. The van der Waals surface area contributed by atoms with E-state index < -0.39 is 5.54 Å². The number of amides is 1. The summed E-state index contributed by atoms with van der Waals surface area (Å²) in [4.78, 5) is 23.6. The molecule has 0 saturated carbocycles. The molecule has 1 fully saturated rings. The van der Waals surface area contributed by atoms with E-state index in [4.69, 9.17) is 4.74 Å². The Bertz CT molecular complexity index is 316. The number of piperidine rings is 1. The summed E-state index contributed by atoms with van der Waals surface area (Å²) in [7, 11) is 2.89. The van der Waals surface area contributed by atoms with Crippen LogP contribution in [-0.2, 0) is 19.1 Å². The number of nitrogens with one attached hydrogen (secondary N) is 2. The number of esters is 1. The maximum absolute atomic E-state index is 12.2. The van der Waals surface area contributed by atoms with Gasteiger partial charge in [-0.05, 0) is 32.9 Å². The van der Waals surface area contributed by atoms with Gasteiger partial charge in [-0.15, -0.1) is 0 Å². The van der Waals surface area contributed by atoms with Gasteiger partial charge in [0.25, 0.3) is 0 Å².